The van der Waals surface area contributed by atoms with Crippen molar-refractivity contribution in [3.05, 3.63) is 36.6 Å². The van der Waals surface area contributed by atoms with Gasteiger partial charge in [-0.1, -0.05) is 46.5 Å². The van der Waals surface area contributed by atoms with E-state index in [1.54, 1.807) is 0 Å². The molecule has 1 aliphatic carbocycles. The van der Waals surface area contributed by atoms with Crippen LogP contribution < -0.4 is 0 Å². The van der Waals surface area contributed by atoms with Crippen LogP contribution in [0.4, 0.5) is 0 Å². The quantitative estimate of drug-likeness (QED) is 0.183. The van der Waals surface area contributed by atoms with E-state index >= 15 is 0 Å². The summed E-state index contributed by atoms with van der Waals surface area (Å²) in [5.74, 6) is 0.972. The molecule has 3 nitrogen and oxygen atoms in total. The maximum atomic E-state index is 6.40. The van der Waals surface area contributed by atoms with Crippen molar-refractivity contribution in [3.63, 3.8) is 0 Å². The van der Waals surface area contributed by atoms with Gasteiger partial charge in [-0.3, -0.25) is 0 Å². The Kier molecular flexibility index (Phi) is 8.14. The van der Waals surface area contributed by atoms with E-state index in [2.05, 4.69) is 78.3 Å². The third-order valence-corrected chi connectivity index (χ3v) is 11.4. The second-order valence-electron chi connectivity index (χ2n) is 10.0. The summed E-state index contributed by atoms with van der Waals surface area (Å²) in [5, 5.41) is 0.193. The van der Waals surface area contributed by atoms with E-state index in [1.165, 1.54) is 0 Å². The molecule has 26 heavy (non-hydrogen) atoms. The van der Waals surface area contributed by atoms with E-state index in [0.717, 1.165) is 31.3 Å². The highest BCUT2D eigenvalue weighted by molar-refractivity contribution is 6.76. The van der Waals surface area contributed by atoms with Crippen molar-refractivity contribution in [1.29, 1.82) is 0 Å². The van der Waals surface area contributed by atoms with Crippen molar-refractivity contribution in [2.45, 2.75) is 83.0 Å². The maximum absolute atomic E-state index is 6.40. The lowest BCUT2D eigenvalue weighted by molar-refractivity contribution is -0.118. The van der Waals surface area contributed by atoms with Gasteiger partial charge in [0.2, 0.25) is 8.32 Å². The van der Waals surface area contributed by atoms with Crippen molar-refractivity contribution in [2.75, 3.05) is 13.4 Å². The number of rotatable bonds is 10. The van der Waals surface area contributed by atoms with Crippen molar-refractivity contribution in [2.24, 2.45) is 0 Å². The molecular formula is C21H40O3Si2. The minimum atomic E-state index is -1.81. The van der Waals surface area contributed by atoms with E-state index in [4.69, 9.17) is 13.9 Å². The maximum Gasteiger partial charge on any atom is 0.250 e. The molecule has 0 saturated heterocycles. The minimum absolute atomic E-state index is 0.193. The summed E-state index contributed by atoms with van der Waals surface area (Å²) in [5.41, 5.74) is -0.360. The number of ether oxygens (including phenoxy) is 2. The van der Waals surface area contributed by atoms with E-state index in [-0.39, 0.29) is 10.6 Å². The van der Waals surface area contributed by atoms with Gasteiger partial charge in [-0.25, -0.2) is 0 Å². The van der Waals surface area contributed by atoms with Crippen molar-refractivity contribution < 1.29 is 13.9 Å². The second kappa shape index (κ2) is 9.04. The first-order valence-electron chi connectivity index (χ1n) is 9.71. The zero-order valence-corrected chi connectivity index (χ0v) is 20.3. The van der Waals surface area contributed by atoms with Crippen molar-refractivity contribution >= 4 is 16.4 Å². The molecule has 0 heterocycles. The molecule has 0 fully saturated rings. The Bertz CT molecular complexity index is 524. The van der Waals surface area contributed by atoms with E-state index in [9.17, 15) is 0 Å². The van der Waals surface area contributed by atoms with Crippen LogP contribution in [0.1, 0.15) is 33.6 Å². The predicted molar refractivity (Wildman–Crippen MR) is 118 cm³/mol. The topological polar surface area (TPSA) is 27.7 Å². The fourth-order valence-electron chi connectivity index (χ4n) is 2.32. The molecule has 0 bridgehead atoms. The van der Waals surface area contributed by atoms with Gasteiger partial charge in [-0.15, -0.1) is 6.58 Å². The third kappa shape index (κ3) is 7.55. The van der Waals surface area contributed by atoms with Crippen molar-refractivity contribution in [1.82, 2.24) is 0 Å². The summed E-state index contributed by atoms with van der Waals surface area (Å²) >= 11 is 0. The van der Waals surface area contributed by atoms with Crippen LogP contribution in [0, 0.1) is 0 Å². The first-order chi connectivity index (χ1) is 11.8. The normalized spacial score (nSPS) is 21.5. The molecule has 1 atom stereocenters. The van der Waals surface area contributed by atoms with E-state index < -0.39 is 16.4 Å². The van der Waals surface area contributed by atoms with Gasteiger partial charge in [0, 0.05) is 21.1 Å². The Labute approximate surface area is 163 Å². The second-order valence-corrected chi connectivity index (χ2v) is 20.4. The fraction of sp³-hybridized carbons (Fsp3) is 0.714. The van der Waals surface area contributed by atoms with Crippen LogP contribution in [0.15, 0.2) is 36.6 Å². The summed E-state index contributed by atoms with van der Waals surface area (Å²) in [6, 6.07) is 1.16. The highest BCUT2D eigenvalue weighted by Crippen LogP contribution is 2.39. The first kappa shape index (κ1) is 23.4. The monoisotopic (exact) mass is 396 g/mol. The Balaban J connectivity index is 2.61. The van der Waals surface area contributed by atoms with Crippen LogP contribution in [0.5, 0.6) is 0 Å². The van der Waals surface area contributed by atoms with Gasteiger partial charge in [0.1, 0.15) is 6.79 Å². The molecule has 0 saturated carbocycles. The number of allylic oxidation sites excluding steroid dienone is 1. The van der Waals surface area contributed by atoms with Gasteiger partial charge < -0.3 is 13.9 Å². The molecule has 0 spiro atoms. The Morgan fingerprint density at radius 2 is 1.85 bits per heavy atom. The number of hydrogen-bond donors (Lipinski definition) is 0. The summed E-state index contributed by atoms with van der Waals surface area (Å²) in [7, 11) is -2.87. The Morgan fingerprint density at radius 1 is 1.19 bits per heavy atom. The molecule has 1 rings (SSSR count). The molecule has 0 aromatic heterocycles. The van der Waals surface area contributed by atoms with E-state index in [1.807, 2.05) is 6.08 Å². The van der Waals surface area contributed by atoms with Crippen LogP contribution >= 0.6 is 0 Å². The lowest BCUT2D eigenvalue weighted by Crippen LogP contribution is -2.41. The molecule has 150 valence electrons. The standard InChI is InChI=1S/C21H40O3Si2/c1-10-13-21(23-18-22-16-17-25(5,6)7)14-11-19(12-15-21)24-26(8,9)20(2,3)4/h10-12,14H,1,13,15-18H2,2-9H3. The van der Waals surface area contributed by atoms with Crippen molar-refractivity contribution in [3.8, 4) is 0 Å². The Morgan fingerprint density at radius 3 is 2.31 bits per heavy atom. The van der Waals surface area contributed by atoms with Crippen LogP contribution in [0.25, 0.3) is 0 Å². The van der Waals surface area contributed by atoms with Crippen LogP contribution in [-0.4, -0.2) is 35.4 Å². The molecular weight excluding hydrogens is 356 g/mol. The van der Waals surface area contributed by atoms with E-state index in [0.29, 0.717) is 6.79 Å². The summed E-state index contributed by atoms with van der Waals surface area (Å²) in [6.07, 6.45) is 9.82. The van der Waals surface area contributed by atoms with Crippen LogP contribution in [-0.2, 0) is 13.9 Å². The molecule has 0 aromatic rings. The fourth-order valence-corrected chi connectivity index (χ4v) is 4.13. The highest BCUT2D eigenvalue weighted by atomic mass is 28.4. The summed E-state index contributed by atoms with van der Waals surface area (Å²) in [6.45, 7) is 23.4. The third-order valence-electron chi connectivity index (χ3n) is 5.30. The Hall–Kier alpha value is -0.626. The van der Waals surface area contributed by atoms with Gasteiger partial charge in [-0.2, -0.15) is 0 Å². The minimum Gasteiger partial charge on any atom is -0.544 e. The molecule has 0 radical (unpaired) electrons. The van der Waals surface area contributed by atoms with Crippen LogP contribution in [0.2, 0.25) is 43.8 Å². The van der Waals surface area contributed by atoms with Crippen LogP contribution in [0.3, 0.4) is 0 Å². The lowest BCUT2D eigenvalue weighted by atomic mass is 9.91. The average Bonchev–Trinajstić information content (AvgIpc) is 2.47. The predicted octanol–water partition coefficient (Wildman–Crippen LogP) is 6.50. The van der Waals surface area contributed by atoms with Gasteiger partial charge in [0.15, 0.2) is 0 Å². The summed E-state index contributed by atoms with van der Waals surface area (Å²) < 4.78 is 18.3. The average molecular weight is 397 g/mol. The molecule has 0 aromatic carbocycles. The van der Waals surface area contributed by atoms with Gasteiger partial charge in [-0.05, 0) is 48.8 Å². The molecule has 1 unspecified atom stereocenters. The molecule has 1 aliphatic rings. The molecule has 0 aliphatic heterocycles. The largest absolute Gasteiger partial charge is 0.544 e. The summed E-state index contributed by atoms with van der Waals surface area (Å²) in [4.78, 5) is 0. The van der Waals surface area contributed by atoms with Gasteiger partial charge in [0.05, 0.1) is 11.4 Å². The molecule has 5 heteroatoms. The van der Waals surface area contributed by atoms with Gasteiger partial charge in [0.25, 0.3) is 0 Å². The first-order valence-corrected chi connectivity index (χ1v) is 16.3. The molecule has 0 N–H and O–H groups in total. The SMILES string of the molecule is C=CCC1(OCOCC[Si](C)(C)C)C=CC(O[Si](C)(C)C(C)(C)C)=CC1. The molecule has 0 amide bonds. The van der Waals surface area contributed by atoms with Gasteiger partial charge >= 0.3 is 0 Å². The number of hydrogen-bond acceptors (Lipinski definition) is 3. The zero-order chi connectivity index (χ0) is 20.1. The highest BCUT2D eigenvalue weighted by Gasteiger charge is 2.40. The lowest BCUT2D eigenvalue weighted by Gasteiger charge is -2.38. The smallest absolute Gasteiger partial charge is 0.250 e. The zero-order valence-electron chi connectivity index (χ0n) is 18.3.